The molecule has 1 aliphatic rings. The van der Waals surface area contributed by atoms with Crippen LogP contribution in [-0.4, -0.2) is 60.6 Å². The molecule has 1 aliphatic heterocycles. The van der Waals surface area contributed by atoms with Crippen LogP contribution in [0.15, 0.2) is 30.3 Å². The molecule has 1 amide bonds. The fourth-order valence-electron chi connectivity index (χ4n) is 3.14. The molecule has 0 aromatic heterocycles. The second kappa shape index (κ2) is 9.77. The standard InChI is InChI=1S/C19H31N3O2/c1-3-21(4-2)12-13-22(15-16-8-6-5-7-9-16)19(23)18-11-10-17(14-20)24-18/h5-9,17-18H,3-4,10-15,20H2,1-2H3/t17-,18+/m1/s1. The van der Waals surface area contributed by atoms with Crippen molar-refractivity contribution < 1.29 is 9.53 Å². The molecule has 1 aromatic rings. The molecule has 2 rings (SSSR count). The van der Waals surface area contributed by atoms with Crippen LogP contribution in [0.3, 0.4) is 0 Å². The normalized spacial score (nSPS) is 20.5. The molecule has 0 bridgehead atoms. The van der Waals surface area contributed by atoms with Crippen LogP contribution in [0.5, 0.6) is 0 Å². The Kier molecular flexibility index (Phi) is 7.69. The van der Waals surface area contributed by atoms with E-state index in [1.54, 1.807) is 0 Å². The van der Waals surface area contributed by atoms with E-state index in [0.29, 0.717) is 13.1 Å². The minimum Gasteiger partial charge on any atom is -0.364 e. The van der Waals surface area contributed by atoms with Crippen molar-refractivity contribution in [2.24, 2.45) is 5.73 Å². The molecular weight excluding hydrogens is 302 g/mol. The number of hydrogen-bond acceptors (Lipinski definition) is 4. The molecule has 0 radical (unpaired) electrons. The number of nitrogens with zero attached hydrogens (tertiary/aromatic N) is 2. The minimum absolute atomic E-state index is 0.0281. The first kappa shape index (κ1) is 18.9. The highest BCUT2D eigenvalue weighted by atomic mass is 16.5. The SMILES string of the molecule is CCN(CC)CCN(Cc1ccccc1)C(=O)[C@@H]1CC[C@H](CN)O1. The highest BCUT2D eigenvalue weighted by Crippen LogP contribution is 2.21. The Bertz CT molecular complexity index is 491. The molecule has 134 valence electrons. The molecule has 1 aromatic carbocycles. The second-order valence-electron chi connectivity index (χ2n) is 6.33. The predicted octanol–water partition coefficient (Wildman–Crippen LogP) is 1.86. The third kappa shape index (κ3) is 5.30. The number of carbonyl (C=O) groups excluding carboxylic acids is 1. The monoisotopic (exact) mass is 333 g/mol. The highest BCUT2D eigenvalue weighted by Gasteiger charge is 2.32. The number of carbonyl (C=O) groups is 1. The Morgan fingerprint density at radius 3 is 2.46 bits per heavy atom. The Morgan fingerprint density at radius 1 is 1.17 bits per heavy atom. The topological polar surface area (TPSA) is 58.8 Å². The Labute approximate surface area is 145 Å². The first-order valence-electron chi connectivity index (χ1n) is 9.08. The van der Waals surface area contributed by atoms with Gasteiger partial charge in [0, 0.05) is 26.2 Å². The van der Waals surface area contributed by atoms with E-state index in [0.717, 1.165) is 44.6 Å². The van der Waals surface area contributed by atoms with Crippen molar-refractivity contribution in [2.75, 3.05) is 32.7 Å². The van der Waals surface area contributed by atoms with E-state index in [9.17, 15) is 4.79 Å². The van der Waals surface area contributed by atoms with Gasteiger partial charge in [0.05, 0.1) is 6.10 Å². The van der Waals surface area contributed by atoms with E-state index in [-0.39, 0.29) is 18.1 Å². The summed E-state index contributed by atoms with van der Waals surface area (Å²) in [6.07, 6.45) is 1.35. The van der Waals surface area contributed by atoms with Crippen molar-refractivity contribution >= 4 is 5.91 Å². The van der Waals surface area contributed by atoms with Crippen LogP contribution < -0.4 is 5.73 Å². The lowest BCUT2D eigenvalue weighted by molar-refractivity contribution is -0.143. The third-order valence-corrected chi connectivity index (χ3v) is 4.75. The van der Waals surface area contributed by atoms with Crippen molar-refractivity contribution in [2.45, 2.75) is 45.4 Å². The first-order chi connectivity index (χ1) is 11.7. The highest BCUT2D eigenvalue weighted by molar-refractivity contribution is 5.81. The average Bonchev–Trinajstić information content (AvgIpc) is 3.11. The lowest BCUT2D eigenvalue weighted by Gasteiger charge is -2.28. The molecule has 1 saturated heterocycles. The van der Waals surface area contributed by atoms with Gasteiger partial charge in [-0.3, -0.25) is 4.79 Å². The van der Waals surface area contributed by atoms with Crippen molar-refractivity contribution in [3.63, 3.8) is 0 Å². The lowest BCUT2D eigenvalue weighted by Crippen LogP contribution is -2.43. The smallest absolute Gasteiger partial charge is 0.252 e. The number of nitrogens with two attached hydrogens (primary N) is 1. The van der Waals surface area contributed by atoms with Gasteiger partial charge >= 0.3 is 0 Å². The minimum atomic E-state index is -0.334. The summed E-state index contributed by atoms with van der Waals surface area (Å²) < 4.78 is 5.82. The van der Waals surface area contributed by atoms with Gasteiger partial charge in [0.1, 0.15) is 6.10 Å². The van der Waals surface area contributed by atoms with Gasteiger partial charge < -0.3 is 20.3 Å². The van der Waals surface area contributed by atoms with Gasteiger partial charge in [0.15, 0.2) is 0 Å². The Balaban J connectivity index is 2.02. The summed E-state index contributed by atoms with van der Waals surface area (Å²) in [5, 5.41) is 0. The summed E-state index contributed by atoms with van der Waals surface area (Å²) in [5.74, 6) is 0.0990. The number of amides is 1. The van der Waals surface area contributed by atoms with Crippen LogP contribution in [0.1, 0.15) is 32.3 Å². The van der Waals surface area contributed by atoms with Crippen LogP contribution in [0, 0.1) is 0 Å². The van der Waals surface area contributed by atoms with Crippen LogP contribution in [0.4, 0.5) is 0 Å². The molecule has 24 heavy (non-hydrogen) atoms. The zero-order valence-electron chi connectivity index (χ0n) is 15.0. The van der Waals surface area contributed by atoms with Gasteiger partial charge in [-0.1, -0.05) is 44.2 Å². The van der Waals surface area contributed by atoms with Crippen LogP contribution in [-0.2, 0) is 16.1 Å². The second-order valence-corrected chi connectivity index (χ2v) is 6.33. The Hall–Kier alpha value is -1.43. The van der Waals surface area contributed by atoms with Crippen molar-refractivity contribution in [3.8, 4) is 0 Å². The fourth-order valence-corrected chi connectivity index (χ4v) is 3.14. The van der Waals surface area contributed by atoms with Crippen LogP contribution >= 0.6 is 0 Å². The fraction of sp³-hybridized carbons (Fsp3) is 0.632. The maximum Gasteiger partial charge on any atom is 0.252 e. The quantitative estimate of drug-likeness (QED) is 0.749. The average molecular weight is 333 g/mol. The van der Waals surface area contributed by atoms with E-state index in [1.165, 1.54) is 0 Å². The molecule has 0 unspecified atom stereocenters. The molecule has 5 heteroatoms. The number of benzene rings is 1. The maximum absolute atomic E-state index is 12.9. The predicted molar refractivity (Wildman–Crippen MR) is 96.6 cm³/mol. The van der Waals surface area contributed by atoms with Gasteiger partial charge in [-0.15, -0.1) is 0 Å². The van der Waals surface area contributed by atoms with E-state index >= 15 is 0 Å². The molecule has 2 N–H and O–H groups in total. The van der Waals surface area contributed by atoms with Gasteiger partial charge in [-0.25, -0.2) is 0 Å². The molecule has 1 heterocycles. The molecule has 0 saturated carbocycles. The molecule has 2 atom stereocenters. The summed E-state index contributed by atoms with van der Waals surface area (Å²) in [7, 11) is 0. The zero-order chi connectivity index (χ0) is 17.4. The molecule has 5 nitrogen and oxygen atoms in total. The molecule has 0 spiro atoms. The van der Waals surface area contributed by atoms with E-state index in [4.69, 9.17) is 10.5 Å². The largest absolute Gasteiger partial charge is 0.364 e. The molecular formula is C19H31N3O2. The van der Waals surface area contributed by atoms with Crippen LogP contribution in [0.25, 0.3) is 0 Å². The third-order valence-electron chi connectivity index (χ3n) is 4.75. The number of ether oxygens (including phenoxy) is 1. The van der Waals surface area contributed by atoms with Gasteiger partial charge in [-0.2, -0.15) is 0 Å². The first-order valence-corrected chi connectivity index (χ1v) is 9.08. The summed E-state index contributed by atoms with van der Waals surface area (Å²) in [6.45, 7) is 9.03. The summed E-state index contributed by atoms with van der Waals surface area (Å²) in [6, 6.07) is 10.2. The van der Waals surface area contributed by atoms with E-state index in [2.05, 4.69) is 30.9 Å². The van der Waals surface area contributed by atoms with Crippen molar-refractivity contribution in [1.82, 2.24) is 9.80 Å². The van der Waals surface area contributed by atoms with E-state index in [1.807, 2.05) is 23.1 Å². The number of rotatable bonds is 9. The van der Waals surface area contributed by atoms with Gasteiger partial charge in [0.2, 0.25) is 0 Å². The van der Waals surface area contributed by atoms with Gasteiger partial charge in [-0.05, 0) is 31.5 Å². The molecule has 1 fully saturated rings. The Morgan fingerprint density at radius 2 is 1.88 bits per heavy atom. The van der Waals surface area contributed by atoms with E-state index < -0.39 is 0 Å². The van der Waals surface area contributed by atoms with Gasteiger partial charge in [0.25, 0.3) is 5.91 Å². The summed E-state index contributed by atoms with van der Waals surface area (Å²) in [5.41, 5.74) is 6.83. The maximum atomic E-state index is 12.9. The zero-order valence-corrected chi connectivity index (χ0v) is 15.0. The van der Waals surface area contributed by atoms with Crippen molar-refractivity contribution in [1.29, 1.82) is 0 Å². The summed E-state index contributed by atoms with van der Waals surface area (Å²) >= 11 is 0. The summed E-state index contributed by atoms with van der Waals surface area (Å²) in [4.78, 5) is 17.2. The molecule has 0 aliphatic carbocycles. The number of likely N-dealkylation sites (N-methyl/N-ethyl adjacent to an activating group) is 1. The van der Waals surface area contributed by atoms with Crippen LogP contribution in [0.2, 0.25) is 0 Å². The lowest BCUT2D eigenvalue weighted by atomic mass is 10.1. The number of hydrogen-bond donors (Lipinski definition) is 1. The van der Waals surface area contributed by atoms with Crippen molar-refractivity contribution in [3.05, 3.63) is 35.9 Å².